The number of hydrogen-bond acceptors (Lipinski definition) is 7. The molecule has 4 heterocycles. The molecule has 1 amide bonds. The van der Waals surface area contributed by atoms with Crippen molar-refractivity contribution in [2.75, 3.05) is 11.9 Å². The Morgan fingerprint density at radius 2 is 1.76 bits per heavy atom. The van der Waals surface area contributed by atoms with Gasteiger partial charge in [0.25, 0.3) is 5.56 Å². The smallest absolute Gasteiger partial charge is 0.277 e. The van der Waals surface area contributed by atoms with Gasteiger partial charge in [-0.25, -0.2) is 5.10 Å². The SMILES string of the molecule is Cc1n[nH]c(=O)c2c(NC(=O)CN(Cc3ccco3)Cc3ccco3)oc(C)c12. The summed E-state index contributed by atoms with van der Waals surface area (Å²) in [5.41, 5.74) is 0.208. The Morgan fingerprint density at radius 1 is 1.10 bits per heavy atom. The van der Waals surface area contributed by atoms with E-state index >= 15 is 0 Å². The Balaban J connectivity index is 1.54. The first-order chi connectivity index (χ1) is 14.0. The first-order valence-corrected chi connectivity index (χ1v) is 9.06. The van der Waals surface area contributed by atoms with Crippen molar-refractivity contribution in [1.29, 1.82) is 0 Å². The van der Waals surface area contributed by atoms with Crippen LogP contribution in [0.2, 0.25) is 0 Å². The number of carbonyl (C=O) groups is 1. The molecule has 2 N–H and O–H groups in total. The molecule has 0 aromatic carbocycles. The summed E-state index contributed by atoms with van der Waals surface area (Å²) in [7, 11) is 0. The minimum atomic E-state index is -0.416. The maximum Gasteiger partial charge on any atom is 0.277 e. The Hall–Kier alpha value is -3.59. The van der Waals surface area contributed by atoms with Gasteiger partial charge >= 0.3 is 0 Å². The first-order valence-electron chi connectivity index (χ1n) is 9.06. The number of carbonyl (C=O) groups excluding carboxylic acids is 1. The third-order valence-corrected chi connectivity index (χ3v) is 4.54. The number of nitrogens with one attached hydrogen (secondary N) is 2. The topological polar surface area (TPSA) is 118 Å². The lowest BCUT2D eigenvalue weighted by Gasteiger charge is -2.19. The molecule has 0 bridgehead atoms. The molecule has 150 valence electrons. The zero-order chi connectivity index (χ0) is 20.4. The fourth-order valence-electron chi connectivity index (χ4n) is 3.31. The lowest BCUT2D eigenvalue weighted by molar-refractivity contribution is -0.117. The Labute approximate surface area is 165 Å². The highest BCUT2D eigenvalue weighted by molar-refractivity contribution is 6.01. The Kier molecular flexibility index (Phi) is 5.05. The van der Waals surface area contributed by atoms with Crippen molar-refractivity contribution in [3.63, 3.8) is 0 Å². The molecule has 0 saturated heterocycles. The van der Waals surface area contributed by atoms with Crippen molar-refractivity contribution in [1.82, 2.24) is 15.1 Å². The molecule has 4 aromatic heterocycles. The van der Waals surface area contributed by atoms with E-state index in [9.17, 15) is 9.59 Å². The molecule has 9 heteroatoms. The van der Waals surface area contributed by atoms with Crippen molar-refractivity contribution in [2.45, 2.75) is 26.9 Å². The van der Waals surface area contributed by atoms with Crippen molar-refractivity contribution in [3.05, 3.63) is 70.1 Å². The maximum absolute atomic E-state index is 12.7. The number of furan rings is 3. The average Bonchev–Trinajstić information content (AvgIpc) is 3.41. The summed E-state index contributed by atoms with van der Waals surface area (Å²) in [5.74, 6) is 1.76. The van der Waals surface area contributed by atoms with Gasteiger partial charge in [-0.05, 0) is 38.1 Å². The van der Waals surface area contributed by atoms with Crippen molar-refractivity contribution < 1.29 is 18.0 Å². The maximum atomic E-state index is 12.7. The van der Waals surface area contributed by atoms with Crippen LogP contribution in [-0.4, -0.2) is 27.5 Å². The van der Waals surface area contributed by atoms with Crippen molar-refractivity contribution in [3.8, 4) is 0 Å². The summed E-state index contributed by atoms with van der Waals surface area (Å²) < 4.78 is 16.4. The van der Waals surface area contributed by atoms with E-state index < -0.39 is 5.56 Å². The fraction of sp³-hybridized carbons (Fsp3) is 0.250. The lowest BCUT2D eigenvalue weighted by Crippen LogP contribution is -2.32. The molecule has 0 aliphatic carbocycles. The highest BCUT2D eigenvalue weighted by Crippen LogP contribution is 2.28. The van der Waals surface area contributed by atoms with Crippen LogP contribution in [0.5, 0.6) is 0 Å². The van der Waals surface area contributed by atoms with Crippen LogP contribution in [0, 0.1) is 13.8 Å². The molecule has 29 heavy (non-hydrogen) atoms. The standard InChI is InChI=1S/C20H20N4O5/c1-12-17-13(2)29-20(18(17)19(26)23-22-12)21-16(25)11-24(9-14-5-3-7-27-14)10-15-6-4-8-28-15/h3-8H,9-11H2,1-2H3,(H,21,25)(H,23,26). The number of aromatic amines is 1. The van der Waals surface area contributed by atoms with E-state index in [4.69, 9.17) is 13.3 Å². The number of amides is 1. The van der Waals surface area contributed by atoms with Crippen LogP contribution in [-0.2, 0) is 17.9 Å². The third kappa shape index (κ3) is 3.99. The van der Waals surface area contributed by atoms with E-state index in [1.165, 1.54) is 0 Å². The van der Waals surface area contributed by atoms with Gasteiger partial charge < -0.3 is 13.3 Å². The average molecular weight is 396 g/mol. The van der Waals surface area contributed by atoms with Gasteiger partial charge in [0.2, 0.25) is 11.8 Å². The van der Waals surface area contributed by atoms with E-state index in [0.717, 1.165) is 11.5 Å². The molecule has 4 rings (SSSR count). The molecule has 0 saturated carbocycles. The number of nitrogens with zero attached hydrogens (tertiary/aromatic N) is 2. The van der Waals surface area contributed by atoms with Crippen molar-refractivity contribution in [2.24, 2.45) is 0 Å². The second kappa shape index (κ2) is 7.80. The summed E-state index contributed by atoms with van der Waals surface area (Å²) in [4.78, 5) is 26.8. The number of H-pyrrole nitrogens is 1. The molecular weight excluding hydrogens is 376 g/mol. The molecule has 0 atom stereocenters. The van der Waals surface area contributed by atoms with Gasteiger partial charge in [0.15, 0.2) is 0 Å². The molecule has 0 unspecified atom stereocenters. The quantitative estimate of drug-likeness (QED) is 0.493. The molecule has 0 fully saturated rings. The monoisotopic (exact) mass is 396 g/mol. The van der Waals surface area contributed by atoms with Gasteiger partial charge in [-0.15, -0.1) is 0 Å². The minimum absolute atomic E-state index is 0.0462. The number of aryl methyl sites for hydroxylation is 2. The summed E-state index contributed by atoms with van der Waals surface area (Å²) in [5, 5.41) is 9.97. The van der Waals surface area contributed by atoms with E-state index in [1.807, 2.05) is 17.0 Å². The van der Waals surface area contributed by atoms with E-state index in [-0.39, 0.29) is 23.7 Å². The summed E-state index contributed by atoms with van der Waals surface area (Å²) in [6.07, 6.45) is 3.17. The molecule has 0 radical (unpaired) electrons. The highest BCUT2D eigenvalue weighted by Gasteiger charge is 2.20. The fourth-order valence-corrected chi connectivity index (χ4v) is 3.31. The minimum Gasteiger partial charge on any atom is -0.468 e. The highest BCUT2D eigenvalue weighted by atomic mass is 16.4. The largest absolute Gasteiger partial charge is 0.468 e. The first kappa shape index (κ1) is 18.8. The second-order valence-electron chi connectivity index (χ2n) is 6.73. The Bertz CT molecular complexity index is 1140. The van der Waals surface area contributed by atoms with Crippen LogP contribution in [0.15, 0.2) is 54.8 Å². The van der Waals surface area contributed by atoms with Crippen LogP contribution >= 0.6 is 0 Å². The number of rotatable bonds is 7. The third-order valence-electron chi connectivity index (χ3n) is 4.54. The zero-order valence-electron chi connectivity index (χ0n) is 16.0. The van der Waals surface area contributed by atoms with Crippen LogP contribution < -0.4 is 10.9 Å². The summed E-state index contributed by atoms with van der Waals surface area (Å²) >= 11 is 0. The molecule has 0 spiro atoms. The molecule has 0 aliphatic rings. The van der Waals surface area contributed by atoms with Crippen molar-refractivity contribution >= 4 is 22.6 Å². The number of anilines is 1. The van der Waals surface area contributed by atoms with Crippen LogP contribution in [0.1, 0.15) is 23.0 Å². The Morgan fingerprint density at radius 3 is 2.34 bits per heavy atom. The molecule has 4 aromatic rings. The number of hydrogen-bond donors (Lipinski definition) is 2. The van der Waals surface area contributed by atoms with E-state index in [2.05, 4.69) is 15.5 Å². The zero-order valence-corrected chi connectivity index (χ0v) is 16.0. The molecular formula is C20H20N4O5. The number of fused-ring (bicyclic) bond motifs is 1. The summed E-state index contributed by atoms with van der Waals surface area (Å²) in [6.45, 7) is 4.38. The second-order valence-corrected chi connectivity index (χ2v) is 6.73. The van der Waals surface area contributed by atoms with Gasteiger partial charge in [0.1, 0.15) is 22.7 Å². The van der Waals surface area contributed by atoms with Crippen LogP contribution in [0.25, 0.3) is 10.8 Å². The van der Waals surface area contributed by atoms with E-state index in [1.54, 1.807) is 38.5 Å². The normalized spacial score (nSPS) is 11.4. The predicted octanol–water partition coefficient (Wildman–Crippen LogP) is 2.96. The van der Waals surface area contributed by atoms with Gasteiger partial charge in [0, 0.05) is 0 Å². The van der Waals surface area contributed by atoms with Crippen LogP contribution in [0.3, 0.4) is 0 Å². The van der Waals surface area contributed by atoms with Gasteiger partial charge in [-0.2, -0.15) is 5.10 Å². The predicted molar refractivity (Wildman–Crippen MR) is 104 cm³/mol. The van der Waals surface area contributed by atoms with Gasteiger partial charge in [0.05, 0.1) is 43.2 Å². The summed E-state index contributed by atoms with van der Waals surface area (Å²) in [6, 6.07) is 7.26. The molecule has 0 aliphatic heterocycles. The van der Waals surface area contributed by atoms with Crippen LogP contribution in [0.4, 0.5) is 5.88 Å². The van der Waals surface area contributed by atoms with E-state index in [0.29, 0.717) is 29.9 Å². The van der Waals surface area contributed by atoms with Gasteiger partial charge in [-0.1, -0.05) is 0 Å². The molecule has 9 nitrogen and oxygen atoms in total. The number of aromatic nitrogens is 2. The lowest BCUT2D eigenvalue weighted by atomic mass is 10.2. The van der Waals surface area contributed by atoms with Gasteiger partial charge in [-0.3, -0.25) is 19.8 Å².